The van der Waals surface area contributed by atoms with Gasteiger partial charge in [-0.1, -0.05) is 25.1 Å². The maximum Gasteiger partial charge on any atom is 0.313 e. The van der Waals surface area contributed by atoms with Crippen molar-refractivity contribution in [2.45, 2.75) is 26.9 Å². The van der Waals surface area contributed by atoms with E-state index in [-0.39, 0.29) is 5.76 Å². The van der Waals surface area contributed by atoms with E-state index in [1.54, 1.807) is 6.20 Å². The molecule has 0 aliphatic heterocycles. The molecule has 0 radical (unpaired) electrons. The van der Waals surface area contributed by atoms with Gasteiger partial charge in [-0.25, -0.2) is 5.48 Å². The molecular formula is C15H20N4O3. The zero-order valence-electron chi connectivity index (χ0n) is 12.7. The van der Waals surface area contributed by atoms with Gasteiger partial charge < -0.3 is 4.52 Å². The Morgan fingerprint density at radius 1 is 1.45 bits per heavy atom. The minimum atomic E-state index is -0.707. The number of nitrogens with zero attached hydrogens (tertiary/aromatic N) is 3. The first-order valence-corrected chi connectivity index (χ1v) is 7.09. The predicted molar refractivity (Wildman–Crippen MR) is 78.9 cm³/mol. The second kappa shape index (κ2) is 7.67. The summed E-state index contributed by atoms with van der Waals surface area (Å²) in [4.78, 5) is 17.6. The Hall–Kier alpha value is -2.25. The number of nitrogens with one attached hydrogen (secondary N) is 1. The lowest BCUT2D eigenvalue weighted by Crippen LogP contribution is -2.27. The standard InChI is InChI=1S/C15H20N4O3/c1-11(2)8-19(9-12-4-3-5-16-7-12)10-13-6-14(22-18-13)15(20)17-21/h3-7,11,21H,8-10H2,1-2H3,(H,17,20). The van der Waals surface area contributed by atoms with Crippen LogP contribution in [0.2, 0.25) is 0 Å². The third-order valence-corrected chi connectivity index (χ3v) is 3.02. The van der Waals surface area contributed by atoms with Gasteiger partial charge in [-0.3, -0.25) is 19.9 Å². The average Bonchev–Trinajstić information content (AvgIpc) is 2.95. The number of carbonyl (C=O) groups is 1. The minimum Gasteiger partial charge on any atom is -0.351 e. The summed E-state index contributed by atoms with van der Waals surface area (Å²) in [5, 5.41) is 12.5. The number of hydrogen-bond acceptors (Lipinski definition) is 6. The average molecular weight is 304 g/mol. The Morgan fingerprint density at radius 3 is 2.91 bits per heavy atom. The number of rotatable bonds is 7. The van der Waals surface area contributed by atoms with Gasteiger partial charge in [0.25, 0.3) is 0 Å². The monoisotopic (exact) mass is 304 g/mol. The Labute approximate surface area is 128 Å². The van der Waals surface area contributed by atoms with Gasteiger partial charge in [-0.2, -0.15) is 0 Å². The largest absolute Gasteiger partial charge is 0.351 e. The number of aromatic nitrogens is 2. The minimum absolute atomic E-state index is 0.0108. The fraction of sp³-hybridized carbons (Fsp3) is 0.400. The fourth-order valence-electron chi connectivity index (χ4n) is 2.23. The second-order valence-electron chi connectivity index (χ2n) is 5.55. The van der Waals surface area contributed by atoms with Gasteiger partial charge in [0.1, 0.15) is 0 Å². The van der Waals surface area contributed by atoms with E-state index in [0.717, 1.165) is 18.7 Å². The van der Waals surface area contributed by atoms with E-state index < -0.39 is 5.91 Å². The zero-order chi connectivity index (χ0) is 15.9. The molecule has 0 saturated carbocycles. The van der Waals surface area contributed by atoms with E-state index >= 15 is 0 Å². The maximum atomic E-state index is 11.3. The third-order valence-electron chi connectivity index (χ3n) is 3.02. The predicted octanol–water partition coefficient (Wildman–Crippen LogP) is 1.85. The van der Waals surface area contributed by atoms with E-state index in [1.807, 2.05) is 18.3 Å². The molecule has 1 amide bonds. The molecule has 0 bridgehead atoms. The van der Waals surface area contributed by atoms with Gasteiger partial charge in [0.05, 0.1) is 5.69 Å². The molecule has 0 aliphatic carbocycles. The van der Waals surface area contributed by atoms with Crippen LogP contribution in [0.1, 0.15) is 35.7 Å². The highest BCUT2D eigenvalue weighted by Gasteiger charge is 2.15. The first-order valence-electron chi connectivity index (χ1n) is 7.09. The summed E-state index contributed by atoms with van der Waals surface area (Å²) in [6.45, 7) is 6.45. The van der Waals surface area contributed by atoms with Crippen LogP contribution in [0, 0.1) is 5.92 Å². The molecule has 2 aromatic heterocycles. The Morgan fingerprint density at radius 2 is 2.27 bits per heavy atom. The van der Waals surface area contributed by atoms with Crippen LogP contribution < -0.4 is 5.48 Å². The lowest BCUT2D eigenvalue weighted by molar-refractivity contribution is 0.0666. The number of hydrogen-bond donors (Lipinski definition) is 2. The van der Waals surface area contributed by atoms with Crippen LogP contribution in [0.15, 0.2) is 35.1 Å². The molecule has 0 fully saturated rings. The Balaban J connectivity index is 2.06. The number of pyridine rings is 1. The summed E-state index contributed by atoms with van der Waals surface area (Å²) in [6, 6.07) is 5.46. The molecule has 7 heteroatoms. The van der Waals surface area contributed by atoms with Crippen LogP contribution in [0.25, 0.3) is 0 Å². The molecule has 2 rings (SSSR count). The smallest absolute Gasteiger partial charge is 0.313 e. The summed E-state index contributed by atoms with van der Waals surface area (Å²) < 4.78 is 4.91. The summed E-state index contributed by atoms with van der Waals surface area (Å²) in [5.74, 6) is -0.228. The molecular weight excluding hydrogens is 284 g/mol. The quantitative estimate of drug-likeness (QED) is 0.599. The lowest BCUT2D eigenvalue weighted by atomic mass is 10.1. The van der Waals surface area contributed by atoms with Crippen molar-refractivity contribution in [3.8, 4) is 0 Å². The van der Waals surface area contributed by atoms with Crippen molar-refractivity contribution in [3.63, 3.8) is 0 Å². The highest BCUT2D eigenvalue weighted by molar-refractivity contribution is 5.90. The molecule has 2 N–H and O–H groups in total. The molecule has 0 unspecified atom stereocenters. The normalized spacial score (nSPS) is 11.1. The third kappa shape index (κ3) is 4.64. The SMILES string of the molecule is CC(C)CN(Cc1cccnc1)Cc1cc(C(=O)NO)on1. The number of hydroxylamine groups is 1. The first kappa shape index (κ1) is 16.1. The summed E-state index contributed by atoms with van der Waals surface area (Å²) in [5.41, 5.74) is 3.28. The van der Waals surface area contributed by atoms with Crippen LogP contribution in [0.4, 0.5) is 0 Å². The Bertz CT molecular complexity index is 598. The molecule has 118 valence electrons. The van der Waals surface area contributed by atoms with Gasteiger partial charge >= 0.3 is 5.91 Å². The molecule has 0 atom stereocenters. The van der Waals surface area contributed by atoms with Gasteiger partial charge in [-0.15, -0.1) is 0 Å². The van der Waals surface area contributed by atoms with Gasteiger partial charge in [-0.05, 0) is 17.5 Å². The van der Waals surface area contributed by atoms with Crippen molar-refractivity contribution in [2.75, 3.05) is 6.54 Å². The lowest BCUT2D eigenvalue weighted by Gasteiger charge is -2.23. The highest BCUT2D eigenvalue weighted by Crippen LogP contribution is 2.12. The molecule has 7 nitrogen and oxygen atoms in total. The van der Waals surface area contributed by atoms with Crippen molar-refractivity contribution < 1.29 is 14.5 Å². The molecule has 0 aromatic carbocycles. The van der Waals surface area contributed by atoms with E-state index in [4.69, 9.17) is 9.73 Å². The number of carbonyl (C=O) groups excluding carboxylic acids is 1. The van der Waals surface area contributed by atoms with Crippen molar-refractivity contribution in [1.82, 2.24) is 20.5 Å². The summed E-state index contributed by atoms with van der Waals surface area (Å²) >= 11 is 0. The number of amides is 1. The second-order valence-corrected chi connectivity index (χ2v) is 5.55. The van der Waals surface area contributed by atoms with Crippen LogP contribution >= 0.6 is 0 Å². The molecule has 2 heterocycles. The highest BCUT2D eigenvalue weighted by atomic mass is 16.5. The van der Waals surface area contributed by atoms with Crippen LogP contribution in [0.5, 0.6) is 0 Å². The maximum absolute atomic E-state index is 11.3. The van der Waals surface area contributed by atoms with Crippen LogP contribution in [-0.4, -0.2) is 32.7 Å². The topological polar surface area (TPSA) is 91.5 Å². The molecule has 0 spiro atoms. The summed E-state index contributed by atoms with van der Waals surface area (Å²) in [6.07, 6.45) is 3.58. The van der Waals surface area contributed by atoms with E-state index in [2.05, 4.69) is 28.9 Å². The van der Waals surface area contributed by atoms with Crippen molar-refractivity contribution >= 4 is 5.91 Å². The van der Waals surface area contributed by atoms with Crippen LogP contribution in [-0.2, 0) is 13.1 Å². The Kier molecular flexibility index (Phi) is 5.62. The van der Waals surface area contributed by atoms with E-state index in [1.165, 1.54) is 11.5 Å². The van der Waals surface area contributed by atoms with E-state index in [0.29, 0.717) is 18.2 Å². The summed E-state index contributed by atoms with van der Waals surface area (Å²) in [7, 11) is 0. The van der Waals surface area contributed by atoms with E-state index in [9.17, 15) is 4.79 Å². The van der Waals surface area contributed by atoms with Gasteiger partial charge in [0.2, 0.25) is 5.76 Å². The zero-order valence-corrected chi connectivity index (χ0v) is 12.7. The molecule has 0 saturated heterocycles. The van der Waals surface area contributed by atoms with Gasteiger partial charge in [0, 0.05) is 38.1 Å². The first-order chi connectivity index (χ1) is 10.6. The molecule has 22 heavy (non-hydrogen) atoms. The molecule has 2 aromatic rings. The van der Waals surface area contributed by atoms with Crippen LogP contribution in [0.3, 0.4) is 0 Å². The van der Waals surface area contributed by atoms with Crippen molar-refractivity contribution in [1.29, 1.82) is 0 Å². The fourth-order valence-corrected chi connectivity index (χ4v) is 2.23. The molecule has 0 aliphatic rings. The van der Waals surface area contributed by atoms with Crippen molar-refractivity contribution in [3.05, 3.63) is 47.6 Å². The van der Waals surface area contributed by atoms with Gasteiger partial charge in [0.15, 0.2) is 0 Å². The van der Waals surface area contributed by atoms with Crippen molar-refractivity contribution in [2.24, 2.45) is 5.92 Å².